The topological polar surface area (TPSA) is 54.6 Å². The Morgan fingerprint density at radius 3 is 2.92 bits per heavy atom. The summed E-state index contributed by atoms with van der Waals surface area (Å²) in [5.74, 6) is 2.49. The zero-order valence-electron chi connectivity index (χ0n) is 15.0. The average molecular weight is 342 g/mol. The van der Waals surface area contributed by atoms with Crippen molar-refractivity contribution in [2.24, 2.45) is 5.92 Å². The van der Waals surface area contributed by atoms with Crippen molar-refractivity contribution >= 4 is 5.82 Å². The molecule has 0 spiro atoms. The minimum atomic E-state index is 0.281. The highest BCUT2D eigenvalue weighted by atomic mass is 16.5. The average Bonchev–Trinajstić information content (AvgIpc) is 3.14. The van der Waals surface area contributed by atoms with Crippen LogP contribution in [0.1, 0.15) is 24.3 Å². The van der Waals surface area contributed by atoms with Crippen molar-refractivity contribution in [1.29, 1.82) is 0 Å². The van der Waals surface area contributed by atoms with Crippen LogP contribution in [0.25, 0.3) is 0 Å². The van der Waals surface area contributed by atoms with Gasteiger partial charge < -0.3 is 14.1 Å². The fourth-order valence-electron chi connectivity index (χ4n) is 4.08. The van der Waals surface area contributed by atoms with Crippen LogP contribution in [0.3, 0.4) is 0 Å². The standard InChI is InChI=1S/C19H26N4O2/c1-14-7-8-18(21-20-14)23-11-15-5-3-10-25-19(15)17(13-23)22(2)12-16-6-4-9-24-16/h4,6-9,15,17,19H,3,5,10-13H2,1-2H3/t15-,17+,19-/m0/s1. The number of hydrogen-bond donors (Lipinski definition) is 0. The van der Waals surface area contributed by atoms with Gasteiger partial charge in [0.2, 0.25) is 0 Å². The fraction of sp³-hybridized carbons (Fsp3) is 0.579. The summed E-state index contributed by atoms with van der Waals surface area (Å²) in [6.45, 7) is 5.52. The number of likely N-dealkylation sites (N-methyl/N-ethyl adjacent to an activating group) is 1. The van der Waals surface area contributed by atoms with E-state index in [1.165, 1.54) is 6.42 Å². The molecular weight excluding hydrogens is 316 g/mol. The number of aryl methyl sites for hydroxylation is 1. The van der Waals surface area contributed by atoms with E-state index in [2.05, 4.69) is 33.1 Å². The zero-order chi connectivity index (χ0) is 17.2. The molecule has 0 N–H and O–H groups in total. The molecule has 2 fully saturated rings. The minimum absolute atomic E-state index is 0.281. The number of rotatable bonds is 4. The van der Waals surface area contributed by atoms with E-state index < -0.39 is 0 Å². The number of piperidine rings is 1. The number of anilines is 1. The van der Waals surface area contributed by atoms with Crippen LogP contribution in [0.4, 0.5) is 5.82 Å². The Hall–Kier alpha value is -1.92. The molecule has 2 aliphatic heterocycles. The highest BCUT2D eigenvalue weighted by molar-refractivity contribution is 5.39. The summed E-state index contributed by atoms with van der Waals surface area (Å²) in [4.78, 5) is 4.72. The van der Waals surface area contributed by atoms with Crippen LogP contribution in [-0.4, -0.2) is 54.0 Å². The van der Waals surface area contributed by atoms with E-state index in [0.717, 1.165) is 49.9 Å². The molecule has 2 aromatic heterocycles. The number of nitrogens with zero attached hydrogens (tertiary/aromatic N) is 4. The van der Waals surface area contributed by atoms with Gasteiger partial charge in [-0.3, -0.25) is 4.90 Å². The van der Waals surface area contributed by atoms with Gasteiger partial charge in [-0.2, -0.15) is 5.10 Å². The molecule has 0 bridgehead atoms. The lowest BCUT2D eigenvalue weighted by Crippen LogP contribution is -2.60. The molecule has 3 atom stereocenters. The lowest BCUT2D eigenvalue weighted by atomic mass is 9.84. The molecule has 0 amide bonds. The van der Waals surface area contributed by atoms with Crippen molar-refractivity contribution in [3.05, 3.63) is 42.0 Å². The van der Waals surface area contributed by atoms with Gasteiger partial charge in [0.15, 0.2) is 5.82 Å². The summed E-state index contributed by atoms with van der Waals surface area (Å²) in [5.41, 5.74) is 0.950. The van der Waals surface area contributed by atoms with Crippen LogP contribution >= 0.6 is 0 Å². The van der Waals surface area contributed by atoms with E-state index in [1.807, 2.05) is 25.1 Å². The number of hydrogen-bond acceptors (Lipinski definition) is 6. The van der Waals surface area contributed by atoms with Crippen LogP contribution in [0, 0.1) is 12.8 Å². The molecule has 6 heteroatoms. The lowest BCUT2D eigenvalue weighted by Gasteiger charge is -2.48. The normalized spacial score (nSPS) is 26.7. The van der Waals surface area contributed by atoms with E-state index >= 15 is 0 Å². The highest BCUT2D eigenvalue weighted by Gasteiger charge is 2.41. The maximum Gasteiger partial charge on any atom is 0.151 e. The quantitative estimate of drug-likeness (QED) is 0.851. The van der Waals surface area contributed by atoms with Gasteiger partial charge in [0, 0.05) is 25.6 Å². The summed E-state index contributed by atoms with van der Waals surface area (Å²) < 4.78 is 11.7. The van der Waals surface area contributed by atoms with E-state index in [1.54, 1.807) is 6.26 Å². The highest BCUT2D eigenvalue weighted by Crippen LogP contribution is 2.33. The monoisotopic (exact) mass is 342 g/mol. The zero-order valence-corrected chi connectivity index (χ0v) is 15.0. The maximum atomic E-state index is 6.20. The third kappa shape index (κ3) is 3.55. The van der Waals surface area contributed by atoms with Gasteiger partial charge in [-0.25, -0.2) is 0 Å². The van der Waals surface area contributed by atoms with Crippen molar-refractivity contribution in [2.45, 2.75) is 38.5 Å². The third-order valence-corrected chi connectivity index (χ3v) is 5.40. The molecule has 0 unspecified atom stereocenters. The van der Waals surface area contributed by atoms with Crippen molar-refractivity contribution in [1.82, 2.24) is 15.1 Å². The molecule has 2 aromatic rings. The van der Waals surface area contributed by atoms with Gasteiger partial charge >= 0.3 is 0 Å². The van der Waals surface area contributed by atoms with Crippen LogP contribution in [0.2, 0.25) is 0 Å². The van der Waals surface area contributed by atoms with Gasteiger partial charge in [0.05, 0.1) is 30.6 Å². The van der Waals surface area contributed by atoms with Crippen LogP contribution in [0.5, 0.6) is 0 Å². The Morgan fingerprint density at radius 1 is 1.24 bits per heavy atom. The molecule has 4 rings (SSSR count). The van der Waals surface area contributed by atoms with E-state index in [0.29, 0.717) is 12.0 Å². The first-order chi connectivity index (χ1) is 12.2. The van der Waals surface area contributed by atoms with Crippen LogP contribution in [0.15, 0.2) is 34.9 Å². The molecule has 25 heavy (non-hydrogen) atoms. The second-order valence-electron chi connectivity index (χ2n) is 7.24. The molecule has 0 saturated carbocycles. The molecule has 4 heterocycles. The molecule has 6 nitrogen and oxygen atoms in total. The molecule has 0 aliphatic carbocycles. The van der Waals surface area contributed by atoms with Crippen LogP contribution < -0.4 is 4.90 Å². The number of ether oxygens (including phenoxy) is 1. The number of furan rings is 1. The fourth-order valence-corrected chi connectivity index (χ4v) is 4.08. The van der Waals surface area contributed by atoms with Crippen molar-refractivity contribution in [3.8, 4) is 0 Å². The van der Waals surface area contributed by atoms with E-state index in [4.69, 9.17) is 9.15 Å². The molecule has 0 radical (unpaired) electrons. The summed E-state index contributed by atoms with van der Waals surface area (Å²) in [7, 11) is 2.16. The Labute approximate surface area is 148 Å². The maximum absolute atomic E-state index is 6.20. The Morgan fingerprint density at radius 2 is 2.16 bits per heavy atom. The Bertz CT molecular complexity index is 673. The van der Waals surface area contributed by atoms with Gasteiger partial charge in [0.1, 0.15) is 5.76 Å². The third-order valence-electron chi connectivity index (χ3n) is 5.40. The summed E-state index contributed by atoms with van der Waals surface area (Å²) >= 11 is 0. The minimum Gasteiger partial charge on any atom is -0.468 e. The lowest BCUT2D eigenvalue weighted by molar-refractivity contribution is -0.0807. The number of fused-ring (bicyclic) bond motifs is 1. The first-order valence-electron chi connectivity index (χ1n) is 9.10. The Balaban J connectivity index is 1.55. The van der Waals surface area contributed by atoms with Crippen molar-refractivity contribution in [3.63, 3.8) is 0 Å². The second kappa shape index (κ2) is 7.14. The smallest absolute Gasteiger partial charge is 0.151 e. The van der Waals surface area contributed by atoms with Crippen molar-refractivity contribution in [2.75, 3.05) is 31.6 Å². The molecule has 2 aliphatic rings. The first kappa shape index (κ1) is 16.5. The molecular formula is C19H26N4O2. The van der Waals surface area contributed by atoms with Gasteiger partial charge in [0.25, 0.3) is 0 Å². The Kier molecular flexibility index (Phi) is 4.72. The van der Waals surface area contributed by atoms with Crippen LogP contribution in [-0.2, 0) is 11.3 Å². The van der Waals surface area contributed by atoms with E-state index in [-0.39, 0.29) is 6.10 Å². The van der Waals surface area contributed by atoms with Gasteiger partial charge in [-0.05, 0) is 51.1 Å². The summed E-state index contributed by atoms with van der Waals surface area (Å²) in [6.07, 6.45) is 4.37. The van der Waals surface area contributed by atoms with Gasteiger partial charge in [-0.1, -0.05) is 0 Å². The number of aromatic nitrogens is 2. The second-order valence-corrected chi connectivity index (χ2v) is 7.24. The van der Waals surface area contributed by atoms with Gasteiger partial charge in [-0.15, -0.1) is 5.10 Å². The largest absolute Gasteiger partial charge is 0.468 e. The van der Waals surface area contributed by atoms with E-state index in [9.17, 15) is 0 Å². The predicted octanol–water partition coefficient (Wildman–Crippen LogP) is 2.49. The first-order valence-corrected chi connectivity index (χ1v) is 9.10. The SMILES string of the molecule is Cc1ccc(N2C[C@@H]3CCCO[C@@H]3[C@H](N(C)Cc3ccco3)C2)nn1. The summed E-state index contributed by atoms with van der Waals surface area (Å²) in [6, 6.07) is 8.40. The van der Waals surface area contributed by atoms with Crippen molar-refractivity contribution < 1.29 is 9.15 Å². The molecule has 2 saturated heterocycles. The summed E-state index contributed by atoms with van der Waals surface area (Å²) in [5, 5.41) is 8.64. The molecule has 0 aromatic carbocycles. The predicted molar refractivity (Wildman–Crippen MR) is 95.4 cm³/mol. The molecule has 134 valence electrons.